The molecule has 0 spiro atoms. The van der Waals surface area contributed by atoms with Crippen molar-refractivity contribution in [3.05, 3.63) is 72.1 Å². The largest absolute Gasteiger partial charge is 0.399 e. The summed E-state index contributed by atoms with van der Waals surface area (Å²) in [6.07, 6.45) is 2.49. The van der Waals surface area contributed by atoms with E-state index in [1.165, 1.54) is 5.56 Å². The zero-order valence-corrected chi connectivity index (χ0v) is 8.74. The minimum absolute atomic E-state index is 0.493. The third-order valence-corrected chi connectivity index (χ3v) is 2.01. The molecule has 1 aromatic carbocycles. The van der Waals surface area contributed by atoms with Crippen molar-refractivity contribution in [3.8, 4) is 0 Å². The number of hydrogen-bond acceptors (Lipinski definition) is 2. The van der Waals surface area contributed by atoms with Crippen LogP contribution in [0.3, 0.4) is 0 Å². The van der Waals surface area contributed by atoms with Gasteiger partial charge >= 0.3 is 0 Å². The summed E-state index contributed by atoms with van der Waals surface area (Å²) in [5.74, 6) is 0. The maximum Gasteiger partial charge on any atom is 0.0277 e. The van der Waals surface area contributed by atoms with Crippen LogP contribution in [0, 0.1) is 0 Å². The van der Waals surface area contributed by atoms with Gasteiger partial charge < -0.3 is 11.5 Å². The van der Waals surface area contributed by atoms with Gasteiger partial charge in [-0.2, -0.15) is 0 Å². The van der Waals surface area contributed by atoms with E-state index in [2.05, 4.69) is 13.2 Å². The molecule has 0 unspecified atom stereocenters. The number of hydrogen-bond donors (Lipinski definition) is 2. The summed E-state index contributed by atoms with van der Waals surface area (Å²) in [5.41, 5.74) is 14.3. The maximum atomic E-state index is 5.67. The van der Waals surface area contributed by atoms with Crippen LogP contribution < -0.4 is 11.5 Å². The lowest BCUT2D eigenvalue weighted by Gasteiger charge is -2.07. The summed E-state index contributed by atoms with van der Waals surface area (Å²) in [6, 6.07) is 10.0. The summed E-state index contributed by atoms with van der Waals surface area (Å²) in [7, 11) is 0. The van der Waals surface area contributed by atoms with Crippen molar-refractivity contribution in [1.82, 2.24) is 0 Å². The first-order chi connectivity index (χ1) is 7.09. The van der Waals surface area contributed by atoms with E-state index in [0.717, 1.165) is 12.0 Å². The molecular formula is C13H16N2. The molecule has 0 aromatic heterocycles. The molecule has 0 amide bonds. The molecule has 0 saturated carbocycles. The Bertz CT molecular complexity index is 388. The van der Waals surface area contributed by atoms with Crippen molar-refractivity contribution >= 4 is 0 Å². The van der Waals surface area contributed by atoms with Crippen LogP contribution in [-0.2, 0) is 6.42 Å². The van der Waals surface area contributed by atoms with Crippen LogP contribution in [0.5, 0.6) is 0 Å². The third kappa shape index (κ3) is 3.73. The van der Waals surface area contributed by atoms with E-state index in [4.69, 9.17) is 11.5 Å². The molecule has 78 valence electrons. The molecule has 0 bridgehead atoms. The van der Waals surface area contributed by atoms with Gasteiger partial charge in [0.2, 0.25) is 0 Å². The second kappa shape index (κ2) is 5.05. The summed E-state index contributed by atoms with van der Waals surface area (Å²) in [4.78, 5) is 0. The van der Waals surface area contributed by atoms with Gasteiger partial charge in [0.05, 0.1) is 0 Å². The van der Waals surface area contributed by atoms with E-state index in [9.17, 15) is 0 Å². The first-order valence-electron chi connectivity index (χ1n) is 4.73. The normalized spacial score (nSPS) is 11.1. The van der Waals surface area contributed by atoms with Crippen molar-refractivity contribution in [2.45, 2.75) is 6.42 Å². The SMILES string of the molecule is C=C(N)/C=C(/Cc1ccccc1)C(=C)N. The Balaban J connectivity index is 2.86. The summed E-state index contributed by atoms with van der Waals surface area (Å²) in [6.45, 7) is 7.34. The van der Waals surface area contributed by atoms with Crippen LogP contribution in [0.4, 0.5) is 0 Å². The molecule has 0 aliphatic carbocycles. The highest BCUT2D eigenvalue weighted by atomic mass is 14.6. The molecule has 2 heteroatoms. The second-order valence-corrected chi connectivity index (χ2v) is 3.43. The fraction of sp³-hybridized carbons (Fsp3) is 0.0769. The molecule has 0 radical (unpaired) electrons. The van der Waals surface area contributed by atoms with Gasteiger partial charge in [-0.05, 0) is 23.6 Å². The van der Waals surface area contributed by atoms with E-state index in [1.807, 2.05) is 30.3 Å². The molecule has 1 rings (SSSR count). The standard InChI is InChI=1S/C13H16N2/c1-10(14)8-13(11(2)15)9-12-6-4-3-5-7-12/h3-8H,1-2,9,14-15H2/b13-8-. The molecule has 0 aliphatic heterocycles. The molecule has 0 saturated heterocycles. The Kier molecular flexibility index (Phi) is 3.75. The predicted octanol–water partition coefficient (Wildman–Crippen LogP) is 2.10. The highest BCUT2D eigenvalue weighted by Crippen LogP contribution is 2.12. The second-order valence-electron chi connectivity index (χ2n) is 3.43. The monoisotopic (exact) mass is 200 g/mol. The smallest absolute Gasteiger partial charge is 0.0277 e. The highest BCUT2D eigenvalue weighted by molar-refractivity contribution is 5.36. The fourth-order valence-corrected chi connectivity index (χ4v) is 1.30. The van der Waals surface area contributed by atoms with Crippen molar-refractivity contribution < 1.29 is 0 Å². The first kappa shape index (κ1) is 11.1. The van der Waals surface area contributed by atoms with Crippen LogP contribution >= 0.6 is 0 Å². The van der Waals surface area contributed by atoms with Crippen molar-refractivity contribution in [1.29, 1.82) is 0 Å². The fourth-order valence-electron chi connectivity index (χ4n) is 1.30. The summed E-state index contributed by atoms with van der Waals surface area (Å²) < 4.78 is 0. The van der Waals surface area contributed by atoms with Gasteiger partial charge in [0.25, 0.3) is 0 Å². The highest BCUT2D eigenvalue weighted by Gasteiger charge is 2.00. The van der Waals surface area contributed by atoms with Crippen molar-refractivity contribution in [2.75, 3.05) is 0 Å². The molecular weight excluding hydrogens is 184 g/mol. The average Bonchev–Trinajstić information content (AvgIpc) is 2.17. The van der Waals surface area contributed by atoms with Crippen LogP contribution in [0.1, 0.15) is 5.56 Å². The Labute approximate surface area is 90.6 Å². The number of nitrogens with two attached hydrogens (primary N) is 2. The van der Waals surface area contributed by atoms with E-state index >= 15 is 0 Å². The first-order valence-corrected chi connectivity index (χ1v) is 4.73. The topological polar surface area (TPSA) is 52.0 Å². The van der Waals surface area contributed by atoms with Gasteiger partial charge in [0, 0.05) is 11.4 Å². The number of rotatable bonds is 4. The summed E-state index contributed by atoms with van der Waals surface area (Å²) in [5, 5.41) is 0. The van der Waals surface area contributed by atoms with Gasteiger partial charge in [-0.1, -0.05) is 43.5 Å². The van der Waals surface area contributed by atoms with E-state index in [0.29, 0.717) is 11.4 Å². The molecule has 0 fully saturated rings. The van der Waals surface area contributed by atoms with Gasteiger partial charge in [-0.25, -0.2) is 0 Å². The number of benzene rings is 1. The van der Waals surface area contributed by atoms with Gasteiger partial charge in [0.1, 0.15) is 0 Å². The lowest BCUT2D eigenvalue weighted by molar-refractivity contribution is 1.12. The minimum Gasteiger partial charge on any atom is -0.399 e. The zero-order chi connectivity index (χ0) is 11.3. The van der Waals surface area contributed by atoms with Crippen LogP contribution in [0.25, 0.3) is 0 Å². The zero-order valence-electron chi connectivity index (χ0n) is 8.74. The van der Waals surface area contributed by atoms with Crippen LogP contribution in [0.2, 0.25) is 0 Å². The van der Waals surface area contributed by atoms with E-state index in [-0.39, 0.29) is 0 Å². The third-order valence-electron chi connectivity index (χ3n) is 2.01. The predicted molar refractivity (Wildman–Crippen MR) is 64.9 cm³/mol. The van der Waals surface area contributed by atoms with Crippen LogP contribution in [-0.4, -0.2) is 0 Å². The Morgan fingerprint density at radius 1 is 1.13 bits per heavy atom. The summed E-state index contributed by atoms with van der Waals surface area (Å²) >= 11 is 0. The Hall–Kier alpha value is -1.96. The van der Waals surface area contributed by atoms with Crippen molar-refractivity contribution in [3.63, 3.8) is 0 Å². The van der Waals surface area contributed by atoms with Crippen LogP contribution in [0.15, 0.2) is 66.5 Å². The molecule has 0 aliphatic rings. The lowest BCUT2D eigenvalue weighted by Crippen LogP contribution is -2.04. The lowest BCUT2D eigenvalue weighted by atomic mass is 10.0. The molecule has 1 aromatic rings. The quantitative estimate of drug-likeness (QED) is 0.731. The molecule has 4 N–H and O–H groups in total. The molecule has 15 heavy (non-hydrogen) atoms. The van der Waals surface area contributed by atoms with E-state index in [1.54, 1.807) is 6.08 Å². The molecule has 2 nitrogen and oxygen atoms in total. The van der Waals surface area contributed by atoms with Crippen molar-refractivity contribution in [2.24, 2.45) is 11.5 Å². The van der Waals surface area contributed by atoms with Gasteiger partial charge in [-0.3, -0.25) is 0 Å². The molecule has 0 atom stereocenters. The maximum absolute atomic E-state index is 5.67. The minimum atomic E-state index is 0.493. The van der Waals surface area contributed by atoms with E-state index < -0.39 is 0 Å². The van der Waals surface area contributed by atoms with Gasteiger partial charge in [0.15, 0.2) is 0 Å². The number of allylic oxidation sites excluding steroid dienone is 2. The average molecular weight is 200 g/mol. The molecule has 0 heterocycles. The van der Waals surface area contributed by atoms with Gasteiger partial charge in [-0.15, -0.1) is 0 Å². The Morgan fingerprint density at radius 2 is 1.73 bits per heavy atom. The Morgan fingerprint density at radius 3 is 2.20 bits per heavy atom.